The highest BCUT2D eigenvalue weighted by Crippen LogP contribution is 2.33. The summed E-state index contributed by atoms with van der Waals surface area (Å²) in [5, 5.41) is 5.89. The summed E-state index contributed by atoms with van der Waals surface area (Å²) < 4.78 is 16.0. The van der Waals surface area contributed by atoms with Gasteiger partial charge >= 0.3 is 0 Å². The number of nitrogens with one attached hydrogen (secondary N) is 2. The van der Waals surface area contributed by atoms with E-state index in [2.05, 4.69) is 10.6 Å². The number of nitrogens with two attached hydrogens (primary N) is 1. The maximum absolute atomic E-state index is 14.7. The molecule has 9 heteroatoms. The van der Waals surface area contributed by atoms with Crippen LogP contribution in [-0.2, 0) is 9.59 Å². The Labute approximate surface area is 194 Å². The number of halogens is 2. The molecule has 7 nitrogen and oxygen atoms in total. The highest BCUT2D eigenvalue weighted by molar-refractivity contribution is 6.30. The second-order valence-corrected chi connectivity index (χ2v) is 8.44. The van der Waals surface area contributed by atoms with Crippen molar-refractivity contribution in [3.8, 4) is 5.69 Å². The summed E-state index contributed by atoms with van der Waals surface area (Å²) in [5.41, 5.74) is 6.59. The minimum Gasteiger partial charge on any atom is -0.328 e. The summed E-state index contributed by atoms with van der Waals surface area (Å²) in [6, 6.07) is 15.0. The quantitative estimate of drug-likeness (QED) is 0.532. The molecule has 0 saturated heterocycles. The molecule has 0 radical (unpaired) electrons. The predicted molar refractivity (Wildman–Crippen MR) is 125 cm³/mol. The van der Waals surface area contributed by atoms with Crippen LogP contribution in [0.4, 0.5) is 15.8 Å². The van der Waals surface area contributed by atoms with Crippen molar-refractivity contribution in [2.45, 2.75) is 18.9 Å². The van der Waals surface area contributed by atoms with E-state index in [0.717, 1.165) is 0 Å². The molecule has 3 aromatic rings. The lowest BCUT2D eigenvalue weighted by Gasteiger charge is -2.19. The number of carbonyl (C=O) groups excluding carboxylic acids is 2. The van der Waals surface area contributed by atoms with Crippen molar-refractivity contribution in [2.24, 2.45) is 17.6 Å². The van der Waals surface area contributed by atoms with E-state index >= 15 is 0 Å². The molecule has 33 heavy (non-hydrogen) atoms. The highest BCUT2D eigenvalue weighted by atomic mass is 35.5. The summed E-state index contributed by atoms with van der Waals surface area (Å²) in [4.78, 5) is 37.7. The van der Waals surface area contributed by atoms with Crippen molar-refractivity contribution < 1.29 is 14.0 Å². The third-order valence-corrected chi connectivity index (χ3v) is 5.95. The summed E-state index contributed by atoms with van der Waals surface area (Å²) in [5.74, 6) is -2.86. The fourth-order valence-electron chi connectivity index (χ4n) is 4.05. The topological polar surface area (TPSA) is 106 Å². The molecule has 2 amide bonds. The van der Waals surface area contributed by atoms with Gasteiger partial charge in [0.25, 0.3) is 5.56 Å². The Hall–Kier alpha value is -3.49. The predicted octanol–water partition coefficient (Wildman–Crippen LogP) is 3.56. The Morgan fingerprint density at radius 3 is 2.27 bits per heavy atom. The van der Waals surface area contributed by atoms with Crippen LogP contribution in [0.2, 0.25) is 5.02 Å². The first kappa shape index (κ1) is 22.7. The Morgan fingerprint density at radius 2 is 1.64 bits per heavy atom. The summed E-state index contributed by atoms with van der Waals surface area (Å²) in [6.45, 7) is 0. The van der Waals surface area contributed by atoms with Crippen LogP contribution in [0.15, 0.2) is 71.7 Å². The molecule has 3 atom stereocenters. The second-order valence-electron chi connectivity index (χ2n) is 8.00. The zero-order valence-electron chi connectivity index (χ0n) is 17.5. The minimum absolute atomic E-state index is 0.0370. The number of amides is 2. The molecule has 1 unspecified atom stereocenters. The number of rotatable bonds is 5. The molecule has 1 heterocycles. The molecular formula is C24H22ClFN4O3. The second kappa shape index (κ2) is 9.56. The van der Waals surface area contributed by atoms with Gasteiger partial charge in [0.15, 0.2) is 0 Å². The number of carbonyl (C=O) groups is 2. The number of nitrogens with zero attached hydrogens (tertiary/aromatic N) is 1. The molecule has 0 spiro atoms. The van der Waals surface area contributed by atoms with Crippen LogP contribution in [0, 0.1) is 17.7 Å². The third kappa shape index (κ3) is 5.13. The lowest BCUT2D eigenvalue weighted by molar-refractivity contribution is -0.128. The number of hydrogen-bond acceptors (Lipinski definition) is 4. The van der Waals surface area contributed by atoms with Crippen LogP contribution < -0.4 is 21.9 Å². The van der Waals surface area contributed by atoms with E-state index in [9.17, 15) is 18.8 Å². The summed E-state index contributed by atoms with van der Waals surface area (Å²) in [6.07, 6.45) is 2.18. The van der Waals surface area contributed by atoms with E-state index in [0.29, 0.717) is 29.2 Å². The first-order valence-corrected chi connectivity index (χ1v) is 10.8. The monoisotopic (exact) mass is 468 g/mol. The fourth-order valence-corrected chi connectivity index (χ4v) is 4.17. The van der Waals surface area contributed by atoms with Gasteiger partial charge in [0, 0.05) is 35.1 Å². The van der Waals surface area contributed by atoms with Crippen molar-refractivity contribution in [1.29, 1.82) is 0 Å². The standard InChI is InChI=1S/C24H22ClFN4O3/c25-14-4-6-16(7-5-14)28-23(32)18-11-15(27)12-19(18)24(33)29-21-9-8-17(13-20(21)26)30-10-2-1-3-22(30)31/h1-10,13,15,18-19H,11-12,27H2,(H,28,32)(H,29,33)/t15?,18-,19-/m0/s1. The van der Waals surface area contributed by atoms with Gasteiger partial charge in [0.1, 0.15) is 5.82 Å². The van der Waals surface area contributed by atoms with E-state index in [1.807, 2.05) is 0 Å². The van der Waals surface area contributed by atoms with Gasteiger partial charge < -0.3 is 16.4 Å². The molecule has 1 aromatic heterocycles. The van der Waals surface area contributed by atoms with Gasteiger partial charge in [0.2, 0.25) is 11.8 Å². The Morgan fingerprint density at radius 1 is 0.970 bits per heavy atom. The maximum Gasteiger partial charge on any atom is 0.255 e. The normalized spacial score (nSPS) is 19.8. The third-order valence-electron chi connectivity index (χ3n) is 5.70. The van der Waals surface area contributed by atoms with Gasteiger partial charge in [-0.3, -0.25) is 19.0 Å². The Bertz CT molecular complexity index is 1240. The van der Waals surface area contributed by atoms with Crippen molar-refractivity contribution in [2.75, 3.05) is 10.6 Å². The lowest BCUT2D eigenvalue weighted by Crippen LogP contribution is -2.33. The SMILES string of the molecule is NC1C[C@H](C(=O)Nc2ccc(Cl)cc2)[C@@H](C(=O)Nc2ccc(-n3ccccc3=O)cc2F)C1. The average Bonchev–Trinajstić information content (AvgIpc) is 3.19. The Kier molecular flexibility index (Phi) is 6.57. The van der Waals surface area contributed by atoms with E-state index in [4.69, 9.17) is 17.3 Å². The van der Waals surface area contributed by atoms with Crippen LogP contribution >= 0.6 is 11.6 Å². The van der Waals surface area contributed by atoms with Crippen molar-refractivity contribution in [3.05, 3.63) is 88.1 Å². The molecular weight excluding hydrogens is 447 g/mol. The van der Waals surface area contributed by atoms with Gasteiger partial charge in [-0.15, -0.1) is 0 Å². The molecule has 1 saturated carbocycles. The van der Waals surface area contributed by atoms with Crippen molar-refractivity contribution in [1.82, 2.24) is 4.57 Å². The number of benzene rings is 2. The lowest BCUT2D eigenvalue weighted by atomic mass is 9.94. The molecule has 2 aromatic carbocycles. The zero-order chi connectivity index (χ0) is 23.5. The summed E-state index contributed by atoms with van der Waals surface area (Å²) >= 11 is 5.87. The van der Waals surface area contributed by atoms with E-state index < -0.39 is 23.6 Å². The maximum atomic E-state index is 14.7. The number of anilines is 2. The van der Waals surface area contributed by atoms with Crippen LogP contribution in [0.3, 0.4) is 0 Å². The molecule has 0 aliphatic heterocycles. The molecule has 0 bridgehead atoms. The van der Waals surface area contributed by atoms with Crippen molar-refractivity contribution >= 4 is 34.8 Å². The molecule has 4 N–H and O–H groups in total. The van der Waals surface area contributed by atoms with Crippen LogP contribution in [-0.4, -0.2) is 22.4 Å². The fraction of sp³-hybridized carbons (Fsp3) is 0.208. The van der Waals surface area contributed by atoms with Gasteiger partial charge in [0.05, 0.1) is 23.2 Å². The van der Waals surface area contributed by atoms with Crippen LogP contribution in [0.25, 0.3) is 5.69 Å². The van der Waals surface area contributed by atoms with Crippen molar-refractivity contribution in [3.63, 3.8) is 0 Å². The largest absolute Gasteiger partial charge is 0.328 e. The van der Waals surface area contributed by atoms with Gasteiger partial charge in [-0.05, 0) is 55.3 Å². The molecule has 1 fully saturated rings. The molecule has 170 valence electrons. The van der Waals surface area contributed by atoms with E-state index in [-0.39, 0.29) is 23.2 Å². The highest BCUT2D eigenvalue weighted by Gasteiger charge is 2.41. The van der Waals surface area contributed by atoms with E-state index in [1.54, 1.807) is 36.4 Å². The number of aromatic nitrogens is 1. The summed E-state index contributed by atoms with van der Waals surface area (Å²) in [7, 11) is 0. The van der Waals surface area contributed by atoms with Crippen LogP contribution in [0.5, 0.6) is 0 Å². The average molecular weight is 469 g/mol. The molecule has 1 aliphatic carbocycles. The first-order valence-electron chi connectivity index (χ1n) is 10.4. The first-order chi connectivity index (χ1) is 15.8. The zero-order valence-corrected chi connectivity index (χ0v) is 18.3. The smallest absolute Gasteiger partial charge is 0.255 e. The van der Waals surface area contributed by atoms with Gasteiger partial charge in [-0.2, -0.15) is 0 Å². The number of pyridine rings is 1. The van der Waals surface area contributed by atoms with E-state index in [1.165, 1.54) is 35.0 Å². The number of hydrogen-bond donors (Lipinski definition) is 3. The van der Waals surface area contributed by atoms with Crippen LogP contribution in [0.1, 0.15) is 12.8 Å². The van der Waals surface area contributed by atoms with Gasteiger partial charge in [-0.1, -0.05) is 17.7 Å². The van der Waals surface area contributed by atoms with Gasteiger partial charge in [-0.25, -0.2) is 4.39 Å². The minimum atomic E-state index is -0.705. The molecule has 4 rings (SSSR count). The Balaban J connectivity index is 1.48. The molecule has 1 aliphatic rings.